The van der Waals surface area contributed by atoms with Gasteiger partial charge in [0.05, 0.1) is 6.10 Å². The number of nitrogens with one attached hydrogen (secondary N) is 1. The van der Waals surface area contributed by atoms with E-state index in [1.807, 2.05) is 0 Å². The second-order valence-electron chi connectivity index (χ2n) is 3.75. The van der Waals surface area contributed by atoms with Gasteiger partial charge < -0.3 is 4.74 Å². The highest BCUT2D eigenvalue weighted by atomic mass is 32.2. The van der Waals surface area contributed by atoms with Crippen molar-refractivity contribution >= 4 is 11.8 Å². The summed E-state index contributed by atoms with van der Waals surface area (Å²) in [6.45, 7) is 3.18. The molecule has 0 aliphatic carbocycles. The summed E-state index contributed by atoms with van der Waals surface area (Å²) in [6.07, 6.45) is 3.48. The van der Waals surface area contributed by atoms with Crippen LogP contribution < -0.4 is 5.32 Å². The molecule has 70 valence electrons. The maximum absolute atomic E-state index is 5.78. The second-order valence-corrected chi connectivity index (χ2v) is 4.90. The Bertz CT molecular complexity index is 145. The predicted molar refractivity (Wildman–Crippen MR) is 52.4 cm³/mol. The third-order valence-electron chi connectivity index (χ3n) is 2.61. The van der Waals surface area contributed by atoms with Crippen molar-refractivity contribution in [3.63, 3.8) is 0 Å². The number of ether oxygens (including phenoxy) is 1. The van der Waals surface area contributed by atoms with Gasteiger partial charge in [0, 0.05) is 12.5 Å². The highest BCUT2D eigenvalue weighted by Gasteiger charge is 2.29. The van der Waals surface area contributed by atoms with Gasteiger partial charge in [0.15, 0.2) is 0 Å². The first-order valence-electron chi connectivity index (χ1n) is 4.83. The standard InChI is InChI=1S/C9H17NOS/c1-7-5-10-9(11-7)8-3-2-4-12-6-8/h7-10H,2-6H2,1H3. The normalized spacial score (nSPS) is 43.2. The van der Waals surface area contributed by atoms with Gasteiger partial charge in [-0.15, -0.1) is 0 Å². The Balaban J connectivity index is 1.83. The van der Waals surface area contributed by atoms with Gasteiger partial charge in [-0.2, -0.15) is 11.8 Å². The van der Waals surface area contributed by atoms with Crippen molar-refractivity contribution in [3.8, 4) is 0 Å². The Labute approximate surface area is 78.4 Å². The van der Waals surface area contributed by atoms with Gasteiger partial charge in [0.25, 0.3) is 0 Å². The smallest absolute Gasteiger partial charge is 0.112 e. The van der Waals surface area contributed by atoms with E-state index in [0.29, 0.717) is 12.3 Å². The van der Waals surface area contributed by atoms with Crippen LogP contribution >= 0.6 is 11.8 Å². The van der Waals surface area contributed by atoms with Crippen LogP contribution in [0.3, 0.4) is 0 Å². The molecule has 0 saturated carbocycles. The van der Waals surface area contributed by atoms with Gasteiger partial charge in [0.1, 0.15) is 6.23 Å². The zero-order valence-electron chi connectivity index (χ0n) is 7.58. The molecule has 2 aliphatic heterocycles. The summed E-state index contributed by atoms with van der Waals surface area (Å²) >= 11 is 2.07. The number of rotatable bonds is 1. The third-order valence-corrected chi connectivity index (χ3v) is 3.85. The van der Waals surface area contributed by atoms with Gasteiger partial charge in [-0.25, -0.2) is 0 Å². The van der Waals surface area contributed by atoms with Gasteiger partial charge in [0.2, 0.25) is 0 Å². The average molecular weight is 187 g/mol. The van der Waals surface area contributed by atoms with Gasteiger partial charge in [-0.1, -0.05) is 0 Å². The molecular weight excluding hydrogens is 170 g/mol. The maximum atomic E-state index is 5.78. The summed E-state index contributed by atoms with van der Waals surface area (Å²) in [4.78, 5) is 0. The summed E-state index contributed by atoms with van der Waals surface area (Å²) in [5, 5.41) is 3.44. The van der Waals surface area contributed by atoms with Crippen LogP contribution in [-0.2, 0) is 4.74 Å². The summed E-state index contributed by atoms with van der Waals surface area (Å²) in [5.41, 5.74) is 0. The highest BCUT2D eigenvalue weighted by molar-refractivity contribution is 7.99. The van der Waals surface area contributed by atoms with E-state index in [-0.39, 0.29) is 0 Å². The molecule has 3 unspecified atom stereocenters. The first kappa shape index (κ1) is 8.85. The van der Waals surface area contributed by atoms with E-state index in [4.69, 9.17) is 4.74 Å². The number of hydrogen-bond donors (Lipinski definition) is 1. The molecule has 2 aliphatic rings. The van der Waals surface area contributed by atoms with E-state index in [1.54, 1.807) is 0 Å². The topological polar surface area (TPSA) is 21.3 Å². The van der Waals surface area contributed by atoms with Crippen LogP contribution in [-0.4, -0.2) is 30.4 Å². The third kappa shape index (κ3) is 1.95. The van der Waals surface area contributed by atoms with Gasteiger partial charge in [-0.05, 0) is 31.3 Å². The molecule has 3 heteroatoms. The molecule has 1 N–H and O–H groups in total. The molecular formula is C9H17NOS. The minimum Gasteiger partial charge on any atom is -0.359 e. The average Bonchev–Trinajstić information content (AvgIpc) is 2.54. The maximum Gasteiger partial charge on any atom is 0.112 e. The Morgan fingerprint density at radius 2 is 2.42 bits per heavy atom. The van der Waals surface area contributed by atoms with E-state index in [1.165, 1.54) is 24.3 Å². The lowest BCUT2D eigenvalue weighted by Gasteiger charge is -2.26. The second kappa shape index (κ2) is 3.99. The molecule has 0 aromatic rings. The first-order valence-corrected chi connectivity index (χ1v) is 5.98. The van der Waals surface area contributed by atoms with E-state index in [0.717, 1.165) is 12.5 Å². The Morgan fingerprint density at radius 3 is 3.00 bits per heavy atom. The number of hydrogen-bond acceptors (Lipinski definition) is 3. The van der Waals surface area contributed by atoms with Crippen molar-refractivity contribution in [1.29, 1.82) is 0 Å². The molecule has 2 nitrogen and oxygen atoms in total. The fourth-order valence-electron chi connectivity index (χ4n) is 1.91. The van der Waals surface area contributed by atoms with Crippen molar-refractivity contribution in [1.82, 2.24) is 5.32 Å². The van der Waals surface area contributed by atoms with Crippen molar-refractivity contribution < 1.29 is 4.74 Å². The molecule has 2 saturated heterocycles. The fourth-order valence-corrected chi connectivity index (χ4v) is 3.09. The van der Waals surface area contributed by atoms with Crippen LogP contribution in [0, 0.1) is 5.92 Å². The number of thioether (sulfide) groups is 1. The molecule has 0 amide bonds. The lowest BCUT2D eigenvalue weighted by molar-refractivity contribution is 0.0160. The highest BCUT2D eigenvalue weighted by Crippen LogP contribution is 2.27. The van der Waals surface area contributed by atoms with Crippen molar-refractivity contribution in [3.05, 3.63) is 0 Å². The van der Waals surface area contributed by atoms with Crippen LogP contribution in [0.2, 0.25) is 0 Å². The van der Waals surface area contributed by atoms with E-state index in [9.17, 15) is 0 Å². The summed E-state index contributed by atoms with van der Waals surface area (Å²) in [6, 6.07) is 0. The van der Waals surface area contributed by atoms with Crippen LogP contribution in [0.1, 0.15) is 19.8 Å². The molecule has 0 spiro atoms. The lowest BCUT2D eigenvalue weighted by Crippen LogP contribution is -2.34. The zero-order chi connectivity index (χ0) is 8.39. The van der Waals surface area contributed by atoms with Gasteiger partial charge in [-0.3, -0.25) is 5.32 Å². The summed E-state index contributed by atoms with van der Waals surface area (Å²) in [7, 11) is 0. The van der Waals surface area contributed by atoms with E-state index >= 15 is 0 Å². The largest absolute Gasteiger partial charge is 0.359 e. The van der Waals surface area contributed by atoms with Crippen molar-refractivity contribution in [2.45, 2.75) is 32.1 Å². The molecule has 3 atom stereocenters. The molecule has 0 bridgehead atoms. The van der Waals surface area contributed by atoms with Crippen LogP contribution in [0.25, 0.3) is 0 Å². The Kier molecular flexibility index (Phi) is 2.94. The molecule has 0 aromatic carbocycles. The van der Waals surface area contributed by atoms with Crippen LogP contribution in [0.5, 0.6) is 0 Å². The summed E-state index contributed by atoms with van der Waals surface area (Å²) < 4.78 is 5.78. The summed E-state index contributed by atoms with van der Waals surface area (Å²) in [5.74, 6) is 3.39. The zero-order valence-corrected chi connectivity index (χ0v) is 8.40. The molecule has 12 heavy (non-hydrogen) atoms. The minimum absolute atomic E-state index is 0.354. The molecule has 2 heterocycles. The van der Waals surface area contributed by atoms with Gasteiger partial charge >= 0.3 is 0 Å². The lowest BCUT2D eigenvalue weighted by atomic mass is 10.0. The van der Waals surface area contributed by atoms with E-state index in [2.05, 4.69) is 24.0 Å². The monoisotopic (exact) mass is 187 g/mol. The van der Waals surface area contributed by atoms with Crippen LogP contribution in [0.15, 0.2) is 0 Å². The molecule has 2 fully saturated rings. The SMILES string of the molecule is CC1CNC(C2CCCSC2)O1. The van der Waals surface area contributed by atoms with E-state index < -0.39 is 0 Å². The Morgan fingerprint density at radius 1 is 1.50 bits per heavy atom. The molecule has 2 rings (SSSR count). The molecule has 0 aromatic heterocycles. The fraction of sp³-hybridized carbons (Fsp3) is 1.00. The minimum atomic E-state index is 0.354. The first-order chi connectivity index (χ1) is 5.86. The predicted octanol–water partition coefficient (Wildman–Crippen LogP) is 1.46. The van der Waals surface area contributed by atoms with Crippen LogP contribution in [0.4, 0.5) is 0 Å². The van der Waals surface area contributed by atoms with Crippen molar-refractivity contribution in [2.24, 2.45) is 5.92 Å². The quantitative estimate of drug-likeness (QED) is 0.671. The molecule has 0 radical (unpaired) electrons. The van der Waals surface area contributed by atoms with Crippen molar-refractivity contribution in [2.75, 3.05) is 18.1 Å². The Hall–Kier alpha value is 0.270.